The van der Waals surface area contributed by atoms with Crippen LogP contribution in [0.1, 0.15) is 42.3 Å². The van der Waals surface area contributed by atoms with E-state index in [0.29, 0.717) is 12.1 Å². The Bertz CT molecular complexity index is 1070. The van der Waals surface area contributed by atoms with E-state index in [9.17, 15) is 31.5 Å². The van der Waals surface area contributed by atoms with Gasteiger partial charge in [-0.1, -0.05) is 0 Å². The van der Waals surface area contributed by atoms with Crippen LogP contribution in [0.25, 0.3) is 0 Å². The maximum atomic E-state index is 14.0. The number of halogens is 5. The Labute approximate surface area is 198 Å². The molecule has 7 nitrogen and oxygen atoms in total. The van der Waals surface area contributed by atoms with Crippen molar-refractivity contribution in [3.05, 3.63) is 58.7 Å². The molecule has 2 aromatic carbocycles. The number of benzene rings is 2. The van der Waals surface area contributed by atoms with Gasteiger partial charge in [0, 0.05) is 17.8 Å². The number of amides is 1. The highest BCUT2D eigenvalue weighted by Crippen LogP contribution is 2.36. The molecule has 0 bridgehead atoms. The van der Waals surface area contributed by atoms with E-state index in [4.69, 9.17) is 9.47 Å². The van der Waals surface area contributed by atoms with Crippen molar-refractivity contribution in [2.75, 3.05) is 25.6 Å². The summed E-state index contributed by atoms with van der Waals surface area (Å²) in [6, 6.07) is 4.20. The Hall–Kier alpha value is -3.41. The number of methoxy groups -OCH3 is 1. The summed E-state index contributed by atoms with van der Waals surface area (Å²) in [4.78, 5) is 23.7. The molecular weight excluding hydrogens is 479 g/mol. The Morgan fingerprint density at radius 2 is 1.69 bits per heavy atom. The summed E-state index contributed by atoms with van der Waals surface area (Å²) in [7, 11) is 0.990. The molecule has 0 spiro atoms. The lowest BCUT2D eigenvalue weighted by atomic mass is 10.1. The lowest BCUT2D eigenvalue weighted by Gasteiger charge is -2.19. The number of nitrogens with one attached hydrogen (secondary N) is 2. The summed E-state index contributed by atoms with van der Waals surface area (Å²) in [6.45, 7) is 4.99. The van der Waals surface area contributed by atoms with Crippen molar-refractivity contribution < 1.29 is 45.8 Å². The SMILES string of the molecule is COC(=O)c1cc(F)c(C(F)(F)F)cc1Nc1ccc(F)cc1COCCNC(=O)OC(C)(C)C. The van der Waals surface area contributed by atoms with Crippen molar-refractivity contribution in [3.8, 4) is 0 Å². The van der Waals surface area contributed by atoms with Gasteiger partial charge in [0.05, 0.1) is 37.1 Å². The van der Waals surface area contributed by atoms with Gasteiger partial charge in [-0.3, -0.25) is 0 Å². The molecule has 0 unspecified atom stereocenters. The third-order valence-corrected chi connectivity index (χ3v) is 4.33. The molecule has 0 atom stereocenters. The third kappa shape index (κ3) is 8.39. The van der Waals surface area contributed by atoms with E-state index in [-0.39, 0.29) is 31.0 Å². The minimum Gasteiger partial charge on any atom is -0.465 e. The molecule has 0 saturated heterocycles. The lowest BCUT2D eigenvalue weighted by Crippen LogP contribution is -2.34. The first-order chi connectivity index (χ1) is 16.2. The van der Waals surface area contributed by atoms with Crippen LogP contribution in [0.3, 0.4) is 0 Å². The number of alkyl halides is 3. The molecule has 2 rings (SSSR count). The molecule has 0 aliphatic carbocycles. The van der Waals surface area contributed by atoms with Gasteiger partial charge in [-0.15, -0.1) is 0 Å². The molecule has 0 radical (unpaired) electrons. The standard InChI is InChI=1S/C23H25F5N2O5/c1-22(2,3)35-21(32)29-7-8-34-12-13-9-14(24)5-6-18(13)30-19-11-16(23(26,27)28)17(25)10-15(19)20(31)33-4/h5-6,9-11,30H,7-8,12H2,1-4H3,(H,29,32). The molecule has 0 saturated carbocycles. The van der Waals surface area contributed by atoms with Crippen LogP contribution in [0.4, 0.5) is 38.1 Å². The van der Waals surface area contributed by atoms with E-state index in [1.807, 2.05) is 0 Å². The second kappa shape index (κ2) is 11.3. The van der Waals surface area contributed by atoms with Crippen LogP contribution in [0.5, 0.6) is 0 Å². The zero-order valence-electron chi connectivity index (χ0n) is 19.4. The highest BCUT2D eigenvalue weighted by atomic mass is 19.4. The first kappa shape index (κ1) is 27.8. The number of esters is 1. The van der Waals surface area contributed by atoms with Crippen LogP contribution in [-0.2, 0) is 27.0 Å². The average molecular weight is 504 g/mol. The number of carbonyl (C=O) groups excluding carboxylic acids is 2. The number of rotatable bonds is 8. The van der Waals surface area contributed by atoms with Gasteiger partial charge in [-0.05, 0) is 51.1 Å². The average Bonchev–Trinajstić information content (AvgIpc) is 2.73. The molecule has 2 N–H and O–H groups in total. The molecule has 192 valence electrons. The zero-order valence-corrected chi connectivity index (χ0v) is 19.4. The molecular formula is C23H25F5N2O5. The number of hydrogen-bond acceptors (Lipinski definition) is 6. The highest BCUT2D eigenvalue weighted by molar-refractivity contribution is 5.97. The Balaban J connectivity index is 2.20. The zero-order chi connectivity index (χ0) is 26.4. The first-order valence-electron chi connectivity index (χ1n) is 10.3. The lowest BCUT2D eigenvalue weighted by molar-refractivity contribution is -0.139. The predicted molar refractivity (Wildman–Crippen MR) is 116 cm³/mol. The van der Waals surface area contributed by atoms with Crippen molar-refractivity contribution in [1.82, 2.24) is 5.32 Å². The Morgan fingerprint density at radius 1 is 1.00 bits per heavy atom. The van der Waals surface area contributed by atoms with Gasteiger partial charge in [0.2, 0.25) is 0 Å². The minimum atomic E-state index is -5.02. The maximum absolute atomic E-state index is 14.0. The number of anilines is 2. The van der Waals surface area contributed by atoms with Crippen LogP contribution in [0, 0.1) is 11.6 Å². The van der Waals surface area contributed by atoms with Gasteiger partial charge < -0.3 is 24.8 Å². The molecule has 35 heavy (non-hydrogen) atoms. The van der Waals surface area contributed by atoms with Crippen molar-refractivity contribution in [1.29, 1.82) is 0 Å². The maximum Gasteiger partial charge on any atom is 0.419 e. The minimum absolute atomic E-state index is 0.0113. The van der Waals surface area contributed by atoms with Gasteiger partial charge in [0.1, 0.15) is 17.2 Å². The van der Waals surface area contributed by atoms with Crippen molar-refractivity contribution in [3.63, 3.8) is 0 Å². The number of ether oxygens (including phenoxy) is 3. The number of carbonyl (C=O) groups is 2. The first-order valence-corrected chi connectivity index (χ1v) is 10.3. The molecule has 0 aliphatic rings. The third-order valence-electron chi connectivity index (χ3n) is 4.33. The summed E-state index contributed by atoms with van der Waals surface area (Å²) in [5.74, 6) is -3.37. The molecule has 12 heteroatoms. The van der Waals surface area contributed by atoms with E-state index < -0.39 is 52.3 Å². The van der Waals surface area contributed by atoms with Gasteiger partial charge >= 0.3 is 18.2 Å². The number of alkyl carbamates (subject to hydrolysis) is 1. The summed E-state index contributed by atoms with van der Waals surface area (Å²) in [5.41, 5.74) is -2.86. The van der Waals surface area contributed by atoms with E-state index in [2.05, 4.69) is 15.4 Å². The highest BCUT2D eigenvalue weighted by Gasteiger charge is 2.36. The van der Waals surface area contributed by atoms with Crippen molar-refractivity contribution in [2.24, 2.45) is 0 Å². The van der Waals surface area contributed by atoms with E-state index in [0.717, 1.165) is 19.2 Å². The largest absolute Gasteiger partial charge is 0.465 e. The fourth-order valence-electron chi connectivity index (χ4n) is 2.84. The summed E-state index contributed by atoms with van der Waals surface area (Å²) in [5, 5.41) is 5.08. The second-order valence-corrected chi connectivity index (χ2v) is 8.27. The van der Waals surface area contributed by atoms with Gasteiger partial charge in [0.15, 0.2) is 0 Å². The smallest absolute Gasteiger partial charge is 0.419 e. The quantitative estimate of drug-likeness (QED) is 0.278. The van der Waals surface area contributed by atoms with E-state index >= 15 is 0 Å². The van der Waals surface area contributed by atoms with Gasteiger partial charge in [0.25, 0.3) is 0 Å². The molecule has 2 aromatic rings. The van der Waals surface area contributed by atoms with Crippen molar-refractivity contribution in [2.45, 2.75) is 39.2 Å². The van der Waals surface area contributed by atoms with E-state index in [1.165, 1.54) is 6.07 Å². The molecule has 1 amide bonds. The molecule has 0 aromatic heterocycles. The molecule has 0 aliphatic heterocycles. The van der Waals surface area contributed by atoms with Gasteiger partial charge in [-0.2, -0.15) is 13.2 Å². The summed E-state index contributed by atoms with van der Waals surface area (Å²) >= 11 is 0. The van der Waals surface area contributed by atoms with Crippen LogP contribution < -0.4 is 10.6 Å². The van der Waals surface area contributed by atoms with E-state index in [1.54, 1.807) is 20.8 Å². The normalized spacial score (nSPS) is 11.7. The fourth-order valence-corrected chi connectivity index (χ4v) is 2.84. The van der Waals surface area contributed by atoms with Crippen molar-refractivity contribution >= 4 is 23.4 Å². The Morgan fingerprint density at radius 3 is 2.29 bits per heavy atom. The van der Waals surface area contributed by atoms with Crippen LogP contribution >= 0.6 is 0 Å². The molecule has 0 heterocycles. The van der Waals surface area contributed by atoms with Crippen LogP contribution in [0.15, 0.2) is 30.3 Å². The topological polar surface area (TPSA) is 85.9 Å². The van der Waals surface area contributed by atoms with Crippen LogP contribution in [0.2, 0.25) is 0 Å². The fraction of sp³-hybridized carbons (Fsp3) is 0.391. The predicted octanol–water partition coefficient (Wildman–Crippen LogP) is 5.56. The second-order valence-electron chi connectivity index (χ2n) is 8.27. The molecule has 0 fully saturated rings. The summed E-state index contributed by atoms with van der Waals surface area (Å²) < 4.78 is 82.5. The Kier molecular flexibility index (Phi) is 9.02. The van der Waals surface area contributed by atoms with Gasteiger partial charge in [-0.25, -0.2) is 18.4 Å². The van der Waals surface area contributed by atoms with Crippen LogP contribution in [-0.4, -0.2) is 37.9 Å². The summed E-state index contributed by atoms with van der Waals surface area (Å²) in [6.07, 6.45) is -5.67. The number of hydrogen-bond donors (Lipinski definition) is 2. The monoisotopic (exact) mass is 504 g/mol.